The molecule has 0 radical (unpaired) electrons. The van der Waals surface area contributed by atoms with Gasteiger partial charge in [-0.3, -0.25) is 0 Å². The number of allylic oxidation sites excluding steroid dienone is 2. The van der Waals surface area contributed by atoms with E-state index in [1.54, 1.807) is 0 Å². The first-order valence-electron chi connectivity index (χ1n) is 15.2. The maximum Gasteiger partial charge on any atom is 0.390 e. The van der Waals surface area contributed by atoms with Gasteiger partial charge in [0.05, 0.1) is 18.5 Å². The molecule has 0 aliphatic carbocycles. The van der Waals surface area contributed by atoms with E-state index >= 15 is 0 Å². The molecule has 0 aromatic heterocycles. The number of ether oxygens (including phenoxy) is 4. The maximum atomic E-state index is 13.3. The van der Waals surface area contributed by atoms with Gasteiger partial charge < -0.3 is 94.8 Å². The summed E-state index contributed by atoms with van der Waals surface area (Å²) in [4.78, 5) is 46.5. The molecule has 1 aromatic carbocycles. The predicted molar refractivity (Wildman–Crippen MR) is 148 cm³/mol. The number of carboxylic acid groups (broad SMARTS) is 4. The summed E-state index contributed by atoms with van der Waals surface area (Å²) in [6.45, 7) is -0.891. The molecular weight excluding hydrogens is 692 g/mol. The van der Waals surface area contributed by atoms with Crippen LogP contribution >= 0.6 is 0 Å². The Balaban J connectivity index is 1.46. The van der Waals surface area contributed by atoms with Crippen LogP contribution in [-0.4, -0.2) is 151 Å². The number of aliphatic hydroxyl groups excluding tert-OH is 6. The van der Waals surface area contributed by atoms with Crippen molar-refractivity contribution in [1.29, 1.82) is 0 Å². The Bertz CT molecular complexity index is 1660. The number of aliphatic carboxylic acids is 4. The minimum absolute atomic E-state index is 0.0420. The fourth-order valence-electron chi connectivity index (χ4n) is 6.09. The van der Waals surface area contributed by atoms with E-state index in [0.29, 0.717) is 0 Å². The molecule has 21 nitrogen and oxygen atoms in total. The lowest BCUT2D eigenvalue weighted by Crippen LogP contribution is -2.93. The zero-order valence-electron chi connectivity index (χ0n) is 26.0. The number of carbonyl (C=O) groups excluding carboxylic acids is 3. The molecule has 51 heavy (non-hydrogen) atoms. The van der Waals surface area contributed by atoms with Gasteiger partial charge >= 0.3 is 5.97 Å². The lowest BCUT2D eigenvalue weighted by molar-refractivity contribution is -0.636. The molecule has 9 N–H and O–H groups in total. The van der Waals surface area contributed by atoms with Gasteiger partial charge in [0.2, 0.25) is 23.7 Å². The summed E-state index contributed by atoms with van der Waals surface area (Å²) in [7, 11) is 0. The molecule has 0 unspecified atom stereocenters. The molecule has 1 aromatic rings. The molecule has 2 saturated heterocycles. The standard InChI is InChI=1S/C30H34N2O19/c33-8-17-18(35)20(37)24(51-29-22(39)19(36)21(38)23(50-29)28(46)47)30(49-17)48-16-6-10-5-14(27(44)45)32(13(10)7-15(16)34)2-1-9-3-11(25(40)41)31-12(4-9)26(42)43/h1-3,6-7,12,14,17-24,29-30,33,35-39H,4-5,8H2,(H5,34,40,41,42,43,44,45,46,47)/p-2/t12-,14-,17+,18+,19-,20-,21-,22+,23-,24+,29-,30+/m0/s1. The zero-order chi connectivity index (χ0) is 37.5. The van der Waals surface area contributed by atoms with Gasteiger partial charge in [0.1, 0.15) is 60.5 Å². The first kappa shape index (κ1) is 37.7. The second kappa shape index (κ2) is 15.0. The van der Waals surface area contributed by atoms with Crippen molar-refractivity contribution in [3.05, 3.63) is 41.1 Å². The number of nitrogens with two attached hydrogens (primary N) is 1. The van der Waals surface area contributed by atoms with Crippen molar-refractivity contribution < 1.29 is 104 Å². The van der Waals surface area contributed by atoms with Crippen LogP contribution < -0.4 is 30.5 Å². The van der Waals surface area contributed by atoms with Gasteiger partial charge in [0, 0.05) is 36.6 Å². The second-order valence-corrected chi connectivity index (χ2v) is 12.1. The molecule has 0 spiro atoms. The number of quaternary nitrogens is 1. The summed E-state index contributed by atoms with van der Waals surface area (Å²) >= 11 is 0. The van der Waals surface area contributed by atoms with Gasteiger partial charge in [-0.05, 0) is 11.6 Å². The summed E-state index contributed by atoms with van der Waals surface area (Å²) in [5.74, 6) is -7.96. The third-order valence-electron chi connectivity index (χ3n) is 8.78. The lowest BCUT2D eigenvalue weighted by atomic mass is 9.97. The highest BCUT2D eigenvalue weighted by molar-refractivity contribution is 5.86. The van der Waals surface area contributed by atoms with Gasteiger partial charge in [-0.2, -0.15) is 4.58 Å². The van der Waals surface area contributed by atoms with E-state index in [2.05, 4.69) is 0 Å². The molecule has 21 heteroatoms. The smallest absolute Gasteiger partial charge is 0.390 e. The number of nitrogens with zero attached hydrogens (tertiary/aromatic N) is 1. The molecule has 4 heterocycles. The quantitative estimate of drug-likeness (QED) is 0.104. The Hall–Kier alpha value is -4.55. The number of carbonyl (C=O) groups is 4. The first-order valence-corrected chi connectivity index (χ1v) is 15.2. The van der Waals surface area contributed by atoms with E-state index in [4.69, 9.17) is 18.9 Å². The summed E-state index contributed by atoms with van der Waals surface area (Å²) in [5.41, 5.74) is 0.0895. The summed E-state index contributed by atoms with van der Waals surface area (Å²) < 4.78 is 22.8. The molecule has 0 bridgehead atoms. The highest BCUT2D eigenvalue weighted by Crippen LogP contribution is 2.40. The van der Waals surface area contributed by atoms with Crippen molar-refractivity contribution in [3.63, 3.8) is 0 Å². The van der Waals surface area contributed by atoms with Crippen molar-refractivity contribution in [2.75, 3.05) is 6.61 Å². The number of carboxylic acids is 4. The summed E-state index contributed by atoms with van der Waals surface area (Å²) in [6.07, 6.45) is -16.9. The average molecular weight is 725 g/mol. The van der Waals surface area contributed by atoms with Gasteiger partial charge in [-0.1, -0.05) is 5.75 Å². The van der Waals surface area contributed by atoms with Crippen LogP contribution in [0.15, 0.2) is 35.6 Å². The molecule has 2 fully saturated rings. The molecule has 0 amide bonds. The topological polar surface area (TPSA) is 359 Å². The third-order valence-corrected chi connectivity index (χ3v) is 8.78. The van der Waals surface area contributed by atoms with E-state index < -0.39 is 115 Å². The first-order chi connectivity index (χ1) is 24.0. The Morgan fingerprint density at radius 2 is 1.61 bits per heavy atom. The third kappa shape index (κ3) is 7.57. The zero-order valence-corrected chi connectivity index (χ0v) is 26.0. The number of fused-ring (bicyclic) bond motifs is 1. The van der Waals surface area contributed by atoms with E-state index in [1.165, 1.54) is 18.4 Å². The van der Waals surface area contributed by atoms with Crippen molar-refractivity contribution in [2.45, 2.75) is 86.3 Å². The number of hydrogen-bond donors (Lipinski definition) is 8. The van der Waals surface area contributed by atoms with Gasteiger partial charge in [0.15, 0.2) is 18.6 Å². The van der Waals surface area contributed by atoms with Crippen molar-refractivity contribution >= 4 is 35.8 Å². The van der Waals surface area contributed by atoms with Crippen molar-refractivity contribution in [2.24, 2.45) is 0 Å². The maximum absolute atomic E-state index is 13.3. The molecule has 5 rings (SSSR count). The highest BCUT2D eigenvalue weighted by atomic mass is 16.8. The fraction of sp³-hybridized carbons (Fsp3) is 0.500. The van der Waals surface area contributed by atoms with E-state index in [0.717, 1.165) is 22.0 Å². The normalized spacial score (nSPS) is 36.7. The number of hydrogen-bond acceptors (Lipinski definition) is 18. The average Bonchev–Trinajstić information content (AvgIpc) is 3.43. The van der Waals surface area contributed by atoms with Crippen LogP contribution in [0, 0.1) is 0 Å². The van der Waals surface area contributed by atoms with E-state index in [9.17, 15) is 75.3 Å². The van der Waals surface area contributed by atoms with E-state index in [1.807, 2.05) is 0 Å². The SMILES string of the molecule is O=C(O)C1=C/C(=C/C=[N+]2c3cc([O-])c(O[C@@H]4O[C@H](CO)[C@@H](O)[C@H](O)[C@H]4O[C@@H]4O[C@H](C(=O)[O-])[C@@H](O)[C@H](O)[C@H]4O)cc3C[C@H]2C(=O)[O-])C[C@@H](C(=O)[O-])[NH2+]1. The number of aliphatic hydroxyl groups is 6. The summed E-state index contributed by atoms with van der Waals surface area (Å²) in [5, 5.41) is 120. The van der Waals surface area contributed by atoms with Gasteiger partial charge in [-0.25, -0.2) is 4.79 Å². The Morgan fingerprint density at radius 3 is 2.22 bits per heavy atom. The van der Waals surface area contributed by atoms with Crippen LogP contribution in [0.2, 0.25) is 0 Å². The van der Waals surface area contributed by atoms with Crippen molar-refractivity contribution in [1.82, 2.24) is 0 Å². The van der Waals surface area contributed by atoms with Gasteiger partial charge in [-0.15, -0.1) is 0 Å². The lowest BCUT2D eigenvalue weighted by Gasteiger charge is -2.46. The molecule has 0 saturated carbocycles. The van der Waals surface area contributed by atoms with Crippen LogP contribution in [0.4, 0.5) is 5.69 Å². The number of benzene rings is 1. The van der Waals surface area contributed by atoms with Crippen LogP contribution in [-0.2, 0) is 39.8 Å². The predicted octanol–water partition coefficient (Wildman–Crippen LogP) is -10.1. The minimum Gasteiger partial charge on any atom is -0.870 e. The van der Waals surface area contributed by atoms with Crippen LogP contribution in [0.3, 0.4) is 0 Å². The largest absolute Gasteiger partial charge is 0.870 e. The molecule has 4 aliphatic heterocycles. The van der Waals surface area contributed by atoms with Crippen LogP contribution in [0.25, 0.3) is 0 Å². The Morgan fingerprint density at radius 1 is 0.902 bits per heavy atom. The van der Waals surface area contributed by atoms with Crippen molar-refractivity contribution in [3.8, 4) is 11.5 Å². The van der Waals surface area contributed by atoms with E-state index in [-0.39, 0.29) is 35.4 Å². The molecular formula is C30H32N2O19-2. The van der Waals surface area contributed by atoms with Gasteiger partial charge in [0.25, 0.3) is 0 Å². The second-order valence-electron chi connectivity index (χ2n) is 12.1. The summed E-state index contributed by atoms with van der Waals surface area (Å²) in [6, 6.07) is -0.620. The molecule has 12 atom stereocenters. The Kier molecular flexibility index (Phi) is 11.1. The van der Waals surface area contributed by atoms with Crippen LogP contribution in [0.5, 0.6) is 11.5 Å². The number of rotatable bonds is 10. The monoisotopic (exact) mass is 724 g/mol. The molecule has 278 valence electrons. The fourth-order valence-corrected chi connectivity index (χ4v) is 6.09. The molecule has 4 aliphatic rings. The van der Waals surface area contributed by atoms with Crippen LogP contribution in [0.1, 0.15) is 12.0 Å². The highest BCUT2D eigenvalue weighted by Gasteiger charge is 2.52. The Labute approximate surface area is 285 Å². The minimum atomic E-state index is -2.22.